The van der Waals surface area contributed by atoms with Crippen LogP contribution in [-0.4, -0.2) is 52.6 Å². The number of tetrazole rings is 2. The Bertz CT molecular complexity index is 1600. The summed E-state index contributed by atoms with van der Waals surface area (Å²) in [4.78, 5) is 10.7. The molecule has 202 valence electrons. The molecule has 40 heavy (non-hydrogen) atoms. The van der Waals surface area contributed by atoms with Crippen molar-refractivity contribution in [3.63, 3.8) is 0 Å². The smallest absolute Gasteiger partial charge is 0.205 e. The summed E-state index contributed by atoms with van der Waals surface area (Å²) < 4.78 is 0. The van der Waals surface area contributed by atoms with Crippen LogP contribution in [0.25, 0.3) is 45.0 Å². The van der Waals surface area contributed by atoms with E-state index in [0.29, 0.717) is 17.2 Å². The molecule has 6 aromatic rings. The highest BCUT2D eigenvalue weighted by Gasteiger charge is 2.11. The molecule has 0 radical (unpaired) electrons. The average Bonchev–Trinajstić information content (AvgIpc) is 3.73. The van der Waals surface area contributed by atoms with Crippen molar-refractivity contribution in [3.8, 4) is 45.0 Å². The first-order valence-electron chi connectivity index (χ1n) is 11.7. The summed E-state index contributed by atoms with van der Waals surface area (Å²) in [7, 11) is 0. The first-order valence-corrected chi connectivity index (χ1v) is 11.7. The van der Waals surface area contributed by atoms with E-state index in [2.05, 4.69) is 41.2 Å². The summed E-state index contributed by atoms with van der Waals surface area (Å²) in [6, 6.07) is 30.8. The molecular formula is C30H30N8O2. The number of rotatable bonds is 6. The van der Waals surface area contributed by atoms with Gasteiger partial charge in [0.25, 0.3) is 0 Å². The maximum absolute atomic E-state index is 10.7. The second-order valence-electron chi connectivity index (χ2n) is 8.16. The number of carbonyl (C=O) groups excluding carboxylic acids is 1. The molecule has 0 aliphatic carbocycles. The Labute approximate surface area is 232 Å². The third kappa shape index (κ3) is 6.55. The van der Waals surface area contributed by atoms with Gasteiger partial charge in [0.15, 0.2) is 0 Å². The van der Waals surface area contributed by atoms with Crippen LogP contribution in [-0.2, 0) is 6.61 Å². The molecule has 0 aliphatic heterocycles. The van der Waals surface area contributed by atoms with Crippen LogP contribution in [0.15, 0.2) is 97.1 Å². The molecule has 0 saturated carbocycles. The number of hydrogen-bond acceptors (Lipinski definition) is 8. The Kier molecular flexibility index (Phi) is 10.2. The molecule has 10 heteroatoms. The molecule has 0 amide bonds. The number of aliphatic hydroxyl groups excluding tert-OH is 1. The number of H-pyrrole nitrogens is 2. The number of carbonyl (C=O) groups is 1. The zero-order valence-electron chi connectivity index (χ0n) is 20.1. The SMILES string of the molecule is C.C.O=Cc1ccc(-c2ccccc2-c2nn[nH]n2)cc1.OCc1ccc(-c2ccccc2-c2nn[nH]n2)cc1. The normalized spacial score (nSPS) is 9.93. The lowest BCUT2D eigenvalue weighted by atomic mass is 9.98. The van der Waals surface area contributed by atoms with Crippen LogP contribution >= 0.6 is 0 Å². The lowest BCUT2D eigenvalue weighted by Gasteiger charge is -2.07. The number of aromatic amines is 2. The van der Waals surface area contributed by atoms with E-state index >= 15 is 0 Å². The van der Waals surface area contributed by atoms with E-state index in [-0.39, 0.29) is 21.5 Å². The van der Waals surface area contributed by atoms with Crippen molar-refractivity contribution >= 4 is 6.29 Å². The summed E-state index contributed by atoms with van der Waals surface area (Å²) in [6.07, 6.45) is 0.828. The number of aldehydes is 1. The summed E-state index contributed by atoms with van der Waals surface area (Å²) >= 11 is 0. The monoisotopic (exact) mass is 534 g/mol. The molecule has 0 fully saturated rings. The van der Waals surface area contributed by atoms with Gasteiger partial charge in [0, 0.05) is 16.7 Å². The van der Waals surface area contributed by atoms with Crippen molar-refractivity contribution in [2.45, 2.75) is 21.5 Å². The quantitative estimate of drug-likeness (QED) is 0.233. The standard InChI is InChI=1S/C14H12N4O.C14H10N4O.2CH4/c2*19-9-10-5-7-11(8-6-10)12-3-1-2-4-13(12)14-15-17-18-16-14;;/h1-8,19H,9H2,(H,15,16,17,18);1-9H,(H,15,16,17,18);2*1H4. The molecule has 0 saturated heterocycles. The largest absolute Gasteiger partial charge is 0.392 e. The van der Waals surface area contributed by atoms with Gasteiger partial charge in [-0.05, 0) is 38.2 Å². The van der Waals surface area contributed by atoms with Crippen molar-refractivity contribution in [2.75, 3.05) is 0 Å². The van der Waals surface area contributed by atoms with Crippen LogP contribution in [0, 0.1) is 0 Å². The highest BCUT2D eigenvalue weighted by molar-refractivity contribution is 5.83. The van der Waals surface area contributed by atoms with E-state index in [0.717, 1.165) is 45.2 Å². The molecule has 2 aromatic heterocycles. The minimum atomic E-state index is 0. The van der Waals surface area contributed by atoms with Gasteiger partial charge < -0.3 is 5.11 Å². The predicted molar refractivity (Wildman–Crippen MR) is 155 cm³/mol. The Morgan fingerprint density at radius 2 is 1.02 bits per heavy atom. The van der Waals surface area contributed by atoms with Gasteiger partial charge in [0.1, 0.15) is 6.29 Å². The summed E-state index contributed by atoms with van der Waals surface area (Å²) in [5.74, 6) is 1.12. The summed E-state index contributed by atoms with van der Waals surface area (Å²) in [5, 5.41) is 37.2. The van der Waals surface area contributed by atoms with Gasteiger partial charge in [-0.3, -0.25) is 4.79 Å². The van der Waals surface area contributed by atoms with E-state index in [9.17, 15) is 4.79 Å². The van der Waals surface area contributed by atoms with E-state index in [1.165, 1.54) is 0 Å². The van der Waals surface area contributed by atoms with Gasteiger partial charge in [-0.15, -0.1) is 20.4 Å². The highest BCUT2D eigenvalue weighted by atomic mass is 16.3. The molecule has 2 heterocycles. The third-order valence-corrected chi connectivity index (χ3v) is 5.83. The Hall–Kier alpha value is -5.35. The van der Waals surface area contributed by atoms with Crippen molar-refractivity contribution in [1.29, 1.82) is 0 Å². The van der Waals surface area contributed by atoms with Crippen molar-refractivity contribution < 1.29 is 9.90 Å². The van der Waals surface area contributed by atoms with E-state index in [4.69, 9.17) is 5.11 Å². The van der Waals surface area contributed by atoms with Gasteiger partial charge in [0.05, 0.1) is 6.61 Å². The van der Waals surface area contributed by atoms with E-state index in [1.807, 2.05) is 84.9 Å². The van der Waals surface area contributed by atoms with Crippen molar-refractivity contribution in [1.82, 2.24) is 41.2 Å². The Morgan fingerprint density at radius 3 is 1.40 bits per heavy atom. The number of aliphatic hydroxyl groups is 1. The molecular weight excluding hydrogens is 504 g/mol. The molecule has 0 aliphatic rings. The van der Waals surface area contributed by atoms with Crippen LogP contribution in [0.5, 0.6) is 0 Å². The fourth-order valence-corrected chi connectivity index (χ4v) is 3.94. The van der Waals surface area contributed by atoms with E-state index in [1.54, 1.807) is 12.1 Å². The van der Waals surface area contributed by atoms with Crippen LogP contribution in [0.4, 0.5) is 0 Å². The summed E-state index contributed by atoms with van der Waals surface area (Å²) in [6.45, 7) is 0.0484. The van der Waals surface area contributed by atoms with Crippen LogP contribution in [0.3, 0.4) is 0 Å². The molecule has 0 atom stereocenters. The number of nitrogens with zero attached hydrogens (tertiary/aromatic N) is 6. The van der Waals surface area contributed by atoms with Crippen molar-refractivity contribution in [3.05, 3.63) is 108 Å². The highest BCUT2D eigenvalue weighted by Crippen LogP contribution is 2.30. The molecule has 0 spiro atoms. The fourth-order valence-electron chi connectivity index (χ4n) is 3.94. The van der Waals surface area contributed by atoms with Gasteiger partial charge in [-0.25, -0.2) is 0 Å². The van der Waals surface area contributed by atoms with Crippen LogP contribution in [0.2, 0.25) is 0 Å². The molecule has 0 unspecified atom stereocenters. The van der Waals surface area contributed by atoms with Gasteiger partial charge >= 0.3 is 0 Å². The molecule has 0 bridgehead atoms. The van der Waals surface area contributed by atoms with Crippen LogP contribution in [0.1, 0.15) is 30.8 Å². The molecule has 10 nitrogen and oxygen atoms in total. The summed E-state index contributed by atoms with van der Waals surface area (Å²) in [5.41, 5.74) is 7.46. The van der Waals surface area contributed by atoms with Crippen LogP contribution < -0.4 is 0 Å². The predicted octanol–water partition coefficient (Wildman–Crippen LogP) is 5.64. The molecule has 3 N–H and O–H groups in total. The number of aromatic nitrogens is 8. The Balaban J connectivity index is 0.000000210. The molecule has 4 aromatic carbocycles. The van der Waals surface area contributed by atoms with Gasteiger partial charge in [-0.2, -0.15) is 10.4 Å². The lowest BCUT2D eigenvalue weighted by molar-refractivity contribution is 0.112. The number of hydrogen-bond donors (Lipinski definition) is 3. The number of benzene rings is 4. The Morgan fingerprint density at radius 1 is 0.600 bits per heavy atom. The van der Waals surface area contributed by atoms with Gasteiger partial charge in [-0.1, -0.05) is 112 Å². The first-order chi connectivity index (χ1) is 18.8. The zero-order chi connectivity index (χ0) is 26.2. The van der Waals surface area contributed by atoms with E-state index < -0.39 is 0 Å². The van der Waals surface area contributed by atoms with Gasteiger partial charge in [0.2, 0.25) is 11.6 Å². The fraction of sp³-hybridized carbons (Fsp3) is 0.100. The second kappa shape index (κ2) is 14.0. The first kappa shape index (κ1) is 29.2. The minimum absolute atomic E-state index is 0. The minimum Gasteiger partial charge on any atom is -0.392 e. The third-order valence-electron chi connectivity index (χ3n) is 5.83. The topological polar surface area (TPSA) is 146 Å². The molecule has 6 rings (SSSR count). The maximum atomic E-state index is 10.7. The lowest BCUT2D eigenvalue weighted by Crippen LogP contribution is -1.88. The number of nitrogens with one attached hydrogen (secondary N) is 2. The van der Waals surface area contributed by atoms with Crippen molar-refractivity contribution in [2.24, 2.45) is 0 Å². The maximum Gasteiger partial charge on any atom is 0.205 e. The zero-order valence-corrected chi connectivity index (χ0v) is 20.1. The second-order valence-corrected chi connectivity index (χ2v) is 8.16. The average molecular weight is 535 g/mol.